The van der Waals surface area contributed by atoms with Gasteiger partial charge in [-0.15, -0.1) is 12.6 Å². The SMILES string of the molecule is C=C(S)C(=O)O.c1ccccc1. The second-order valence-corrected chi connectivity index (χ2v) is 2.45. The topological polar surface area (TPSA) is 37.3 Å². The molecule has 0 radical (unpaired) electrons. The first-order chi connectivity index (χ1) is 5.64. The summed E-state index contributed by atoms with van der Waals surface area (Å²) in [4.78, 5) is 9.39. The predicted octanol–water partition coefficient (Wildman–Crippen LogP) is 2.20. The number of thiol groups is 1. The lowest BCUT2D eigenvalue weighted by Gasteiger charge is -1.78. The van der Waals surface area contributed by atoms with Gasteiger partial charge in [0.05, 0.1) is 4.91 Å². The average molecular weight is 182 g/mol. The van der Waals surface area contributed by atoms with Gasteiger partial charge in [0.15, 0.2) is 0 Å². The van der Waals surface area contributed by atoms with Crippen molar-refractivity contribution in [2.24, 2.45) is 0 Å². The maximum atomic E-state index is 9.52. The van der Waals surface area contributed by atoms with Crippen LogP contribution in [0.4, 0.5) is 0 Å². The van der Waals surface area contributed by atoms with E-state index >= 15 is 0 Å². The highest BCUT2D eigenvalue weighted by Gasteiger charge is 1.91. The summed E-state index contributed by atoms with van der Waals surface area (Å²) in [6.45, 7) is 3.02. The van der Waals surface area contributed by atoms with Gasteiger partial charge in [0.25, 0.3) is 0 Å². The molecule has 3 heteroatoms. The monoisotopic (exact) mass is 182 g/mol. The number of aliphatic carboxylic acids is 1. The van der Waals surface area contributed by atoms with Gasteiger partial charge in [-0.2, -0.15) is 0 Å². The minimum Gasteiger partial charge on any atom is -0.477 e. The van der Waals surface area contributed by atoms with Crippen LogP contribution in [0.25, 0.3) is 0 Å². The van der Waals surface area contributed by atoms with Crippen LogP contribution in [-0.2, 0) is 4.79 Å². The lowest BCUT2D eigenvalue weighted by atomic mass is 10.4. The third-order valence-electron chi connectivity index (χ3n) is 0.914. The first-order valence-corrected chi connectivity index (χ1v) is 3.70. The van der Waals surface area contributed by atoms with Crippen LogP contribution in [0.3, 0.4) is 0 Å². The summed E-state index contributed by atoms with van der Waals surface area (Å²) in [5.41, 5.74) is 0. The van der Waals surface area contributed by atoms with Crippen LogP contribution in [0, 0.1) is 0 Å². The number of benzene rings is 1. The number of carboxylic acid groups (broad SMARTS) is 1. The molecule has 0 atom stereocenters. The van der Waals surface area contributed by atoms with Crippen molar-refractivity contribution in [3.05, 3.63) is 47.9 Å². The molecule has 0 spiro atoms. The molecule has 0 saturated carbocycles. The van der Waals surface area contributed by atoms with Crippen molar-refractivity contribution < 1.29 is 9.90 Å². The van der Waals surface area contributed by atoms with Crippen LogP contribution >= 0.6 is 12.6 Å². The highest BCUT2D eigenvalue weighted by atomic mass is 32.1. The molecule has 64 valence electrons. The molecule has 0 aliphatic heterocycles. The van der Waals surface area contributed by atoms with Crippen LogP contribution in [0.2, 0.25) is 0 Å². The molecule has 0 aliphatic rings. The van der Waals surface area contributed by atoms with Gasteiger partial charge in [-0.1, -0.05) is 43.0 Å². The molecular formula is C9H10O2S. The van der Waals surface area contributed by atoms with Crippen molar-refractivity contribution in [1.29, 1.82) is 0 Å². The third kappa shape index (κ3) is 6.89. The summed E-state index contributed by atoms with van der Waals surface area (Å²) in [6.07, 6.45) is 0. The van der Waals surface area contributed by atoms with Gasteiger partial charge in [-0.3, -0.25) is 0 Å². The van der Waals surface area contributed by atoms with Crippen molar-refractivity contribution in [1.82, 2.24) is 0 Å². The van der Waals surface area contributed by atoms with E-state index in [9.17, 15) is 4.79 Å². The van der Waals surface area contributed by atoms with Gasteiger partial charge >= 0.3 is 5.97 Å². The van der Waals surface area contributed by atoms with E-state index in [1.807, 2.05) is 36.4 Å². The van der Waals surface area contributed by atoms with Gasteiger partial charge in [0.2, 0.25) is 0 Å². The standard InChI is InChI=1S/C6H6.C3H4O2S/c1-2-4-6-5-3-1;1-2(6)3(4)5/h1-6H;6H,1H2,(H,4,5). The predicted molar refractivity (Wildman–Crippen MR) is 52.2 cm³/mol. The van der Waals surface area contributed by atoms with Crippen LogP contribution in [0.5, 0.6) is 0 Å². The molecule has 0 bridgehead atoms. The highest BCUT2D eigenvalue weighted by Crippen LogP contribution is 1.91. The Hall–Kier alpha value is -1.22. The molecule has 1 N–H and O–H groups in total. The second-order valence-electron chi connectivity index (χ2n) is 1.91. The zero-order valence-corrected chi connectivity index (χ0v) is 7.37. The summed E-state index contributed by atoms with van der Waals surface area (Å²) < 4.78 is 0. The van der Waals surface area contributed by atoms with Gasteiger partial charge in [0, 0.05) is 0 Å². The van der Waals surface area contributed by atoms with Crippen molar-refractivity contribution in [2.45, 2.75) is 0 Å². The van der Waals surface area contributed by atoms with E-state index in [0.717, 1.165) is 0 Å². The Balaban J connectivity index is 0.000000202. The lowest BCUT2D eigenvalue weighted by molar-refractivity contribution is -0.131. The zero-order chi connectivity index (χ0) is 9.40. The molecule has 1 aromatic rings. The van der Waals surface area contributed by atoms with Crippen LogP contribution < -0.4 is 0 Å². The minimum absolute atomic E-state index is 0.130. The number of hydrogen-bond acceptors (Lipinski definition) is 2. The molecule has 0 amide bonds. The fourth-order valence-electron chi connectivity index (χ4n) is 0.385. The Labute approximate surface area is 77.0 Å². The van der Waals surface area contributed by atoms with Crippen molar-refractivity contribution in [3.63, 3.8) is 0 Å². The second kappa shape index (κ2) is 6.49. The van der Waals surface area contributed by atoms with Gasteiger partial charge < -0.3 is 5.11 Å². The van der Waals surface area contributed by atoms with E-state index in [1.54, 1.807) is 0 Å². The van der Waals surface area contributed by atoms with E-state index < -0.39 is 5.97 Å². The molecule has 0 fully saturated rings. The molecule has 0 unspecified atom stereocenters. The van der Waals surface area contributed by atoms with Gasteiger partial charge in [0.1, 0.15) is 0 Å². The van der Waals surface area contributed by atoms with E-state index in [-0.39, 0.29) is 4.91 Å². The molecule has 0 saturated heterocycles. The molecule has 2 nitrogen and oxygen atoms in total. The van der Waals surface area contributed by atoms with E-state index in [0.29, 0.717) is 0 Å². The fourth-order valence-corrected chi connectivity index (χ4v) is 0.385. The highest BCUT2D eigenvalue weighted by molar-refractivity contribution is 7.85. The van der Waals surface area contributed by atoms with Crippen LogP contribution in [0.15, 0.2) is 47.9 Å². The van der Waals surface area contributed by atoms with Crippen molar-refractivity contribution in [3.8, 4) is 0 Å². The van der Waals surface area contributed by atoms with E-state index in [2.05, 4.69) is 19.2 Å². The zero-order valence-electron chi connectivity index (χ0n) is 6.47. The van der Waals surface area contributed by atoms with Crippen LogP contribution in [-0.4, -0.2) is 11.1 Å². The maximum absolute atomic E-state index is 9.52. The molecule has 1 rings (SSSR count). The lowest BCUT2D eigenvalue weighted by Crippen LogP contribution is -1.89. The molecule has 0 heterocycles. The van der Waals surface area contributed by atoms with Gasteiger partial charge in [-0.05, 0) is 0 Å². The first kappa shape index (κ1) is 10.8. The summed E-state index contributed by atoms with van der Waals surface area (Å²) in [6, 6.07) is 12.0. The van der Waals surface area contributed by atoms with E-state index in [1.165, 1.54) is 0 Å². The molecule has 12 heavy (non-hydrogen) atoms. The molecule has 1 aromatic carbocycles. The molecular weight excluding hydrogens is 172 g/mol. The Kier molecular flexibility index (Phi) is 5.83. The summed E-state index contributed by atoms with van der Waals surface area (Å²) in [5, 5.41) is 7.81. The minimum atomic E-state index is -1.07. The van der Waals surface area contributed by atoms with Gasteiger partial charge in [-0.25, -0.2) is 4.79 Å². The average Bonchev–Trinajstić information content (AvgIpc) is 2.08. The Morgan fingerprint density at radius 2 is 1.25 bits per heavy atom. The third-order valence-corrected chi connectivity index (χ3v) is 1.10. The van der Waals surface area contributed by atoms with Crippen molar-refractivity contribution in [2.75, 3.05) is 0 Å². The number of rotatable bonds is 1. The Bertz CT molecular complexity index is 205. The maximum Gasteiger partial charge on any atom is 0.341 e. The quantitative estimate of drug-likeness (QED) is 0.516. The normalized spacial score (nSPS) is 7.75. The van der Waals surface area contributed by atoms with Crippen LogP contribution in [0.1, 0.15) is 0 Å². The Morgan fingerprint density at radius 1 is 1.08 bits per heavy atom. The number of hydrogen-bond donors (Lipinski definition) is 2. The van der Waals surface area contributed by atoms with E-state index in [4.69, 9.17) is 5.11 Å². The Morgan fingerprint density at radius 3 is 1.33 bits per heavy atom. The summed E-state index contributed by atoms with van der Waals surface area (Å²) >= 11 is 3.40. The van der Waals surface area contributed by atoms with Crippen molar-refractivity contribution >= 4 is 18.6 Å². The number of carbonyl (C=O) groups is 1. The largest absolute Gasteiger partial charge is 0.477 e. The summed E-state index contributed by atoms with van der Waals surface area (Å²) in [7, 11) is 0. The summed E-state index contributed by atoms with van der Waals surface area (Å²) in [5.74, 6) is -1.07. The number of carboxylic acids is 1. The first-order valence-electron chi connectivity index (χ1n) is 3.25. The smallest absolute Gasteiger partial charge is 0.341 e. The molecule has 0 aromatic heterocycles. The fraction of sp³-hybridized carbons (Fsp3) is 0. The molecule has 0 aliphatic carbocycles.